The molecule has 1 amide bonds. The summed E-state index contributed by atoms with van der Waals surface area (Å²) in [5.74, 6) is -0.150. The van der Waals surface area contributed by atoms with Gasteiger partial charge in [-0.2, -0.15) is 0 Å². The molecule has 1 heterocycles. The first-order chi connectivity index (χ1) is 11.4. The number of halogens is 3. The van der Waals surface area contributed by atoms with E-state index in [-0.39, 0.29) is 17.7 Å². The largest absolute Gasteiger partial charge is 0.573 e. The van der Waals surface area contributed by atoms with Crippen LogP contribution >= 0.6 is 0 Å². The SMILES string of the molecule is CCCN(C(=O)CCc1ccc(OC(F)(F)F)cc1)C1CCNC1. The van der Waals surface area contributed by atoms with Crippen LogP contribution in [-0.2, 0) is 11.2 Å². The summed E-state index contributed by atoms with van der Waals surface area (Å²) in [6.07, 6.45) is -1.95. The van der Waals surface area contributed by atoms with Crippen molar-refractivity contribution in [1.29, 1.82) is 0 Å². The molecule has 7 heteroatoms. The average Bonchev–Trinajstić information content (AvgIpc) is 3.04. The van der Waals surface area contributed by atoms with Crippen LogP contribution in [-0.4, -0.2) is 42.8 Å². The summed E-state index contributed by atoms with van der Waals surface area (Å²) in [5, 5.41) is 3.27. The first-order valence-electron chi connectivity index (χ1n) is 8.24. The van der Waals surface area contributed by atoms with Crippen molar-refractivity contribution in [2.24, 2.45) is 0 Å². The predicted octanol–water partition coefficient (Wildman–Crippen LogP) is 3.12. The maximum Gasteiger partial charge on any atom is 0.573 e. The molecule has 0 aliphatic carbocycles. The molecule has 4 nitrogen and oxygen atoms in total. The van der Waals surface area contributed by atoms with Crippen LogP contribution in [0.1, 0.15) is 31.7 Å². The van der Waals surface area contributed by atoms with Gasteiger partial charge in [0.2, 0.25) is 5.91 Å². The maximum atomic E-state index is 12.5. The third-order valence-corrected chi connectivity index (χ3v) is 4.04. The van der Waals surface area contributed by atoms with Gasteiger partial charge in [-0.05, 0) is 43.5 Å². The zero-order chi connectivity index (χ0) is 17.6. The summed E-state index contributed by atoms with van der Waals surface area (Å²) in [4.78, 5) is 14.4. The van der Waals surface area contributed by atoms with Gasteiger partial charge in [-0.3, -0.25) is 4.79 Å². The Morgan fingerprint density at radius 3 is 2.58 bits per heavy atom. The van der Waals surface area contributed by atoms with Gasteiger partial charge in [0.05, 0.1) is 0 Å². The molecule has 0 spiro atoms. The maximum absolute atomic E-state index is 12.5. The molecule has 1 aliphatic heterocycles. The highest BCUT2D eigenvalue weighted by Gasteiger charge is 2.31. The van der Waals surface area contributed by atoms with Gasteiger partial charge in [-0.1, -0.05) is 19.1 Å². The minimum absolute atomic E-state index is 0.0983. The van der Waals surface area contributed by atoms with Crippen molar-refractivity contribution in [3.63, 3.8) is 0 Å². The van der Waals surface area contributed by atoms with E-state index in [0.29, 0.717) is 12.8 Å². The van der Waals surface area contributed by atoms with Crippen LogP contribution in [0.2, 0.25) is 0 Å². The molecule has 0 radical (unpaired) electrons. The van der Waals surface area contributed by atoms with Gasteiger partial charge in [0.15, 0.2) is 0 Å². The fraction of sp³-hybridized carbons (Fsp3) is 0.588. The Morgan fingerprint density at radius 2 is 2.04 bits per heavy atom. The van der Waals surface area contributed by atoms with Crippen molar-refractivity contribution in [3.05, 3.63) is 29.8 Å². The topological polar surface area (TPSA) is 41.6 Å². The number of nitrogens with zero attached hydrogens (tertiary/aromatic N) is 1. The van der Waals surface area contributed by atoms with E-state index in [2.05, 4.69) is 10.1 Å². The molecule has 0 bridgehead atoms. The number of amides is 1. The Balaban J connectivity index is 1.87. The normalized spacial score (nSPS) is 17.8. The summed E-state index contributed by atoms with van der Waals surface area (Å²) in [6.45, 7) is 4.54. The molecule has 0 saturated carbocycles. The lowest BCUT2D eigenvalue weighted by Gasteiger charge is -2.28. The van der Waals surface area contributed by atoms with Crippen LogP contribution < -0.4 is 10.1 Å². The highest BCUT2D eigenvalue weighted by molar-refractivity contribution is 5.77. The van der Waals surface area contributed by atoms with Crippen molar-refractivity contribution in [1.82, 2.24) is 10.2 Å². The smallest absolute Gasteiger partial charge is 0.406 e. The summed E-state index contributed by atoms with van der Waals surface area (Å²) in [7, 11) is 0. The van der Waals surface area contributed by atoms with Gasteiger partial charge in [0.25, 0.3) is 0 Å². The Hall–Kier alpha value is -1.76. The van der Waals surface area contributed by atoms with E-state index in [4.69, 9.17) is 0 Å². The molecule has 1 N–H and O–H groups in total. The van der Waals surface area contributed by atoms with E-state index in [0.717, 1.165) is 38.0 Å². The van der Waals surface area contributed by atoms with Crippen LogP contribution in [0.3, 0.4) is 0 Å². The minimum Gasteiger partial charge on any atom is -0.406 e. The van der Waals surface area contributed by atoms with Crippen molar-refractivity contribution >= 4 is 5.91 Å². The van der Waals surface area contributed by atoms with Crippen LogP contribution in [0.15, 0.2) is 24.3 Å². The van der Waals surface area contributed by atoms with Gasteiger partial charge in [0, 0.05) is 25.6 Å². The van der Waals surface area contributed by atoms with Gasteiger partial charge in [-0.25, -0.2) is 0 Å². The van der Waals surface area contributed by atoms with Crippen molar-refractivity contribution in [2.45, 2.75) is 45.0 Å². The Kier molecular flexibility index (Phi) is 6.48. The van der Waals surface area contributed by atoms with Gasteiger partial charge >= 0.3 is 6.36 Å². The summed E-state index contributed by atoms with van der Waals surface area (Å²) in [5.41, 5.74) is 0.818. The zero-order valence-electron chi connectivity index (χ0n) is 13.7. The summed E-state index contributed by atoms with van der Waals surface area (Å²) < 4.78 is 40.2. The molecule has 2 rings (SSSR count). The van der Waals surface area contributed by atoms with E-state index < -0.39 is 6.36 Å². The highest BCUT2D eigenvalue weighted by atomic mass is 19.4. The number of benzene rings is 1. The van der Waals surface area contributed by atoms with Crippen LogP contribution in [0.4, 0.5) is 13.2 Å². The predicted molar refractivity (Wildman–Crippen MR) is 84.7 cm³/mol. The van der Waals surface area contributed by atoms with Crippen molar-refractivity contribution in [3.8, 4) is 5.75 Å². The summed E-state index contributed by atoms with van der Waals surface area (Å²) in [6, 6.07) is 5.93. The number of carbonyl (C=O) groups excluding carboxylic acids is 1. The van der Waals surface area contributed by atoms with Crippen LogP contribution in [0.25, 0.3) is 0 Å². The van der Waals surface area contributed by atoms with E-state index in [1.165, 1.54) is 12.1 Å². The molecule has 1 aromatic carbocycles. The molecule has 1 aromatic rings. The van der Waals surface area contributed by atoms with Crippen molar-refractivity contribution < 1.29 is 22.7 Å². The molecular formula is C17H23F3N2O2. The fourth-order valence-corrected chi connectivity index (χ4v) is 2.91. The van der Waals surface area contributed by atoms with Gasteiger partial charge in [-0.15, -0.1) is 13.2 Å². The quantitative estimate of drug-likeness (QED) is 0.826. The number of hydrogen-bond donors (Lipinski definition) is 1. The number of carbonyl (C=O) groups is 1. The van der Waals surface area contributed by atoms with Crippen LogP contribution in [0.5, 0.6) is 5.75 Å². The Bertz CT molecular complexity index is 526. The average molecular weight is 344 g/mol. The first-order valence-corrected chi connectivity index (χ1v) is 8.24. The van der Waals surface area contributed by atoms with E-state index >= 15 is 0 Å². The lowest BCUT2D eigenvalue weighted by atomic mass is 10.1. The summed E-state index contributed by atoms with van der Waals surface area (Å²) >= 11 is 0. The number of aryl methyl sites for hydroxylation is 1. The lowest BCUT2D eigenvalue weighted by Crippen LogP contribution is -2.42. The molecule has 1 fully saturated rings. The molecule has 24 heavy (non-hydrogen) atoms. The second-order valence-electron chi connectivity index (χ2n) is 5.93. The third-order valence-electron chi connectivity index (χ3n) is 4.04. The van der Waals surface area contributed by atoms with E-state index in [1.807, 2.05) is 11.8 Å². The molecular weight excluding hydrogens is 321 g/mol. The third kappa shape index (κ3) is 5.70. The van der Waals surface area contributed by atoms with E-state index in [1.54, 1.807) is 12.1 Å². The minimum atomic E-state index is -4.69. The standard InChI is InChI=1S/C17H23F3N2O2/c1-2-11-22(14-9-10-21-12-14)16(23)8-5-13-3-6-15(7-4-13)24-17(18,19)20/h3-4,6-7,14,21H,2,5,8-12H2,1H3. The number of hydrogen-bond acceptors (Lipinski definition) is 3. The van der Waals surface area contributed by atoms with Gasteiger partial charge < -0.3 is 15.0 Å². The second kappa shape index (κ2) is 8.37. The lowest BCUT2D eigenvalue weighted by molar-refractivity contribution is -0.274. The highest BCUT2D eigenvalue weighted by Crippen LogP contribution is 2.23. The van der Waals surface area contributed by atoms with Crippen LogP contribution in [0, 0.1) is 0 Å². The number of alkyl halides is 3. The number of ether oxygens (including phenoxy) is 1. The zero-order valence-corrected chi connectivity index (χ0v) is 13.7. The first kappa shape index (κ1) is 18.6. The molecule has 1 aliphatic rings. The molecule has 1 saturated heterocycles. The Morgan fingerprint density at radius 1 is 1.33 bits per heavy atom. The fourth-order valence-electron chi connectivity index (χ4n) is 2.91. The molecule has 134 valence electrons. The number of rotatable bonds is 7. The second-order valence-corrected chi connectivity index (χ2v) is 5.93. The molecule has 1 unspecified atom stereocenters. The van der Waals surface area contributed by atoms with Crippen molar-refractivity contribution in [2.75, 3.05) is 19.6 Å². The Labute approximate surface area is 140 Å². The number of nitrogens with one attached hydrogen (secondary N) is 1. The molecule has 0 aromatic heterocycles. The van der Waals surface area contributed by atoms with E-state index in [9.17, 15) is 18.0 Å². The molecule has 1 atom stereocenters. The monoisotopic (exact) mass is 344 g/mol. The van der Waals surface area contributed by atoms with Gasteiger partial charge in [0.1, 0.15) is 5.75 Å².